The fraction of sp³-hybridized carbons (Fsp3) is 0.476. The lowest BCUT2D eigenvalue weighted by Crippen LogP contribution is -2.39. The number of aliphatic hydroxyl groups is 1. The van der Waals surface area contributed by atoms with Gasteiger partial charge in [0.15, 0.2) is 0 Å². The Morgan fingerprint density at radius 1 is 1.21 bits per heavy atom. The van der Waals surface area contributed by atoms with Gasteiger partial charge in [0.05, 0.1) is 25.4 Å². The summed E-state index contributed by atoms with van der Waals surface area (Å²) in [5.41, 5.74) is -0.844. The predicted molar refractivity (Wildman–Crippen MR) is 118 cm³/mol. The fourth-order valence-corrected chi connectivity index (χ4v) is 4.29. The van der Waals surface area contributed by atoms with Crippen LogP contribution in [0, 0.1) is 5.82 Å². The number of hydrogen-bond donors (Lipinski definition) is 3. The van der Waals surface area contributed by atoms with E-state index in [9.17, 15) is 31.1 Å². The Kier molecular flexibility index (Phi) is 10.2. The van der Waals surface area contributed by atoms with Crippen molar-refractivity contribution in [2.75, 3.05) is 52.3 Å². The molecule has 0 fully saturated rings. The molecule has 1 unspecified atom stereocenters. The van der Waals surface area contributed by atoms with Gasteiger partial charge in [-0.3, -0.25) is 0 Å². The number of sulfonamides is 1. The highest BCUT2D eigenvalue weighted by Crippen LogP contribution is 2.32. The fourth-order valence-electron chi connectivity index (χ4n) is 2.90. The van der Waals surface area contributed by atoms with Crippen LogP contribution in [-0.4, -0.2) is 76.5 Å². The van der Waals surface area contributed by atoms with Gasteiger partial charge in [0.25, 0.3) is 0 Å². The summed E-state index contributed by atoms with van der Waals surface area (Å²) in [5.74, 6) is -0.836. The third-order valence-corrected chi connectivity index (χ3v) is 6.14. The minimum Gasteiger partial charge on any atom is -0.395 e. The number of ether oxygens (including phenoxy) is 1. The Morgan fingerprint density at radius 3 is 2.56 bits per heavy atom. The van der Waals surface area contributed by atoms with E-state index in [1.165, 1.54) is 24.3 Å². The topological polar surface area (TPSA) is 104 Å². The lowest BCUT2D eigenvalue weighted by Gasteiger charge is -2.19. The summed E-state index contributed by atoms with van der Waals surface area (Å²) in [5, 5.41) is 12.3. The van der Waals surface area contributed by atoms with Crippen molar-refractivity contribution in [2.24, 2.45) is 0 Å². The Hall–Kier alpha value is -2.32. The van der Waals surface area contributed by atoms with Crippen molar-refractivity contribution in [3.05, 3.63) is 53.5 Å². The van der Waals surface area contributed by atoms with Gasteiger partial charge in [-0.05, 0) is 44.3 Å². The molecule has 0 aliphatic rings. The lowest BCUT2D eigenvalue weighted by molar-refractivity contribution is -0.138. The second kappa shape index (κ2) is 12.4. The molecule has 0 aliphatic heterocycles. The maximum Gasteiger partial charge on any atom is 0.417 e. The normalized spacial score (nSPS) is 13.3. The van der Waals surface area contributed by atoms with Crippen LogP contribution in [0.3, 0.4) is 0 Å². The molecule has 0 spiro atoms. The lowest BCUT2D eigenvalue weighted by atomic mass is 10.1. The van der Waals surface area contributed by atoms with Crippen LogP contribution in [0.4, 0.5) is 23.4 Å². The first-order chi connectivity index (χ1) is 15.9. The molecule has 0 aliphatic carbocycles. The second-order valence-corrected chi connectivity index (χ2v) is 9.43. The molecule has 8 nitrogen and oxygen atoms in total. The van der Waals surface area contributed by atoms with E-state index < -0.39 is 45.1 Å². The van der Waals surface area contributed by atoms with Gasteiger partial charge in [-0.1, -0.05) is 12.1 Å². The third-order valence-electron chi connectivity index (χ3n) is 4.60. The van der Waals surface area contributed by atoms with Crippen molar-refractivity contribution < 1.29 is 35.8 Å². The number of likely N-dealkylation sites (N-methyl/N-ethyl adjacent to an activating group) is 1. The van der Waals surface area contributed by atoms with Crippen molar-refractivity contribution >= 4 is 15.8 Å². The molecule has 1 aromatic carbocycles. The molecule has 190 valence electrons. The van der Waals surface area contributed by atoms with Crippen molar-refractivity contribution in [1.29, 1.82) is 0 Å². The Balaban J connectivity index is 2.21. The van der Waals surface area contributed by atoms with Crippen molar-refractivity contribution in [1.82, 2.24) is 14.6 Å². The highest BCUT2D eigenvalue weighted by Gasteiger charge is 2.34. The van der Waals surface area contributed by atoms with E-state index in [0.717, 1.165) is 0 Å². The Bertz CT molecular complexity index is 1040. The predicted octanol–water partition coefficient (Wildman–Crippen LogP) is 2.11. The summed E-state index contributed by atoms with van der Waals surface area (Å²) in [6.07, 6.45) is -4.37. The standard InChI is InChI=1S/C21H28F4N4O4S/c1-29(2)7-9-33-8-6-26-20-19(12-16(13-27-20)21(23,24)25)34(31,32)28-18(14-30)11-15-4-3-5-17(22)10-15/h3-5,10,12-13,18,28,30H,6-9,11,14H2,1-2H3,(H,26,27). The van der Waals surface area contributed by atoms with Crippen LogP contribution in [0.2, 0.25) is 0 Å². The van der Waals surface area contributed by atoms with E-state index in [0.29, 0.717) is 31.0 Å². The van der Waals surface area contributed by atoms with E-state index in [-0.39, 0.29) is 25.4 Å². The van der Waals surface area contributed by atoms with Gasteiger partial charge in [-0.2, -0.15) is 13.2 Å². The number of anilines is 1. The van der Waals surface area contributed by atoms with Gasteiger partial charge in [-0.25, -0.2) is 22.5 Å². The van der Waals surface area contributed by atoms with E-state index in [2.05, 4.69) is 15.0 Å². The number of benzene rings is 1. The monoisotopic (exact) mass is 508 g/mol. The van der Waals surface area contributed by atoms with Gasteiger partial charge >= 0.3 is 6.18 Å². The molecule has 2 aromatic rings. The number of aromatic nitrogens is 1. The molecule has 34 heavy (non-hydrogen) atoms. The summed E-state index contributed by atoms with van der Waals surface area (Å²) in [6.45, 7) is 0.684. The minimum atomic E-state index is -4.82. The molecule has 0 saturated carbocycles. The first-order valence-corrected chi connectivity index (χ1v) is 11.8. The molecule has 0 radical (unpaired) electrons. The SMILES string of the molecule is CN(C)CCOCCNc1ncc(C(F)(F)F)cc1S(=O)(=O)NC(CO)Cc1cccc(F)c1. The van der Waals surface area contributed by atoms with Crippen LogP contribution in [0.15, 0.2) is 41.4 Å². The summed E-state index contributed by atoms with van der Waals surface area (Å²) in [4.78, 5) is 4.84. The zero-order valence-corrected chi connectivity index (χ0v) is 19.6. The zero-order valence-electron chi connectivity index (χ0n) is 18.8. The molecule has 2 rings (SSSR count). The molecule has 0 amide bonds. The average molecular weight is 509 g/mol. The largest absolute Gasteiger partial charge is 0.417 e. The van der Waals surface area contributed by atoms with Gasteiger partial charge in [0, 0.05) is 25.3 Å². The molecule has 0 saturated heterocycles. The summed E-state index contributed by atoms with van der Waals surface area (Å²) >= 11 is 0. The Labute approximate surface area is 196 Å². The Morgan fingerprint density at radius 2 is 1.94 bits per heavy atom. The van der Waals surface area contributed by atoms with Gasteiger partial charge < -0.3 is 20.1 Å². The van der Waals surface area contributed by atoms with Crippen molar-refractivity contribution in [3.8, 4) is 0 Å². The number of rotatable bonds is 13. The van der Waals surface area contributed by atoms with Crippen molar-refractivity contribution in [3.63, 3.8) is 0 Å². The third kappa shape index (κ3) is 8.80. The molecule has 13 heteroatoms. The molecule has 1 aromatic heterocycles. The number of halogens is 4. The van der Waals surface area contributed by atoms with Crippen LogP contribution in [-0.2, 0) is 27.4 Å². The van der Waals surface area contributed by atoms with E-state index in [1.807, 2.05) is 19.0 Å². The summed E-state index contributed by atoms with van der Waals surface area (Å²) in [6, 6.07) is 4.71. The zero-order chi connectivity index (χ0) is 25.4. The highest BCUT2D eigenvalue weighted by molar-refractivity contribution is 7.89. The van der Waals surface area contributed by atoms with E-state index in [4.69, 9.17) is 4.74 Å². The van der Waals surface area contributed by atoms with Gasteiger partial charge in [0.1, 0.15) is 16.5 Å². The maximum absolute atomic E-state index is 13.4. The molecular formula is C21H28F4N4O4S. The number of hydrogen-bond acceptors (Lipinski definition) is 7. The molecule has 1 heterocycles. The van der Waals surface area contributed by atoms with Gasteiger partial charge in [-0.15, -0.1) is 0 Å². The van der Waals surface area contributed by atoms with Crippen LogP contribution >= 0.6 is 0 Å². The second-order valence-electron chi connectivity index (χ2n) is 7.75. The highest BCUT2D eigenvalue weighted by atomic mass is 32.2. The number of nitrogens with one attached hydrogen (secondary N) is 2. The maximum atomic E-state index is 13.4. The van der Waals surface area contributed by atoms with Crippen LogP contribution in [0.5, 0.6) is 0 Å². The number of nitrogens with zero attached hydrogens (tertiary/aromatic N) is 2. The number of alkyl halides is 3. The summed E-state index contributed by atoms with van der Waals surface area (Å²) < 4.78 is 86.7. The average Bonchev–Trinajstić information content (AvgIpc) is 2.74. The first-order valence-electron chi connectivity index (χ1n) is 10.3. The molecule has 0 bridgehead atoms. The van der Waals surface area contributed by atoms with E-state index in [1.54, 1.807) is 0 Å². The molecule has 3 N–H and O–H groups in total. The van der Waals surface area contributed by atoms with Crippen LogP contribution < -0.4 is 10.0 Å². The smallest absolute Gasteiger partial charge is 0.395 e. The minimum absolute atomic E-state index is 0.0810. The summed E-state index contributed by atoms with van der Waals surface area (Å²) in [7, 11) is -0.816. The van der Waals surface area contributed by atoms with E-state index >= 15 is 0 Å². The number of aliphatic hydroxyl groups excluding tert-OH is 1. The molecular weight excluding hydrogens is 480 g/mol. The van der Waals surface area contributed by atoms with Crippen molar-refractivity contribution in [2.45, 2.75) is 23.5 Å². The van der Waals surface area contributed by atoms with Crippen LogP contribution in [0.25, 0.3) is 0 Å². The van der Waals surface area contributed by atoms with Crippen LogP contribution in [0.1, 0.15) is 11.1 Å². The first kappa shape index (κ1) is 27.9. The van der Waals surface area contributed by atoms with Gasteiger partial charge in [0.2, 0.25) is 10.0 Å². The number of pyridine rings is 1. The quantitative estimate of drug-likeness (QED) is 0.281. The molecule has 1 atom stereocenters.